The van der Waals surface area contributed by atoms with Gasteiger partial charge in [-0.25, -0.2) is 4.79 Å². The van der Waals surface area contributed by atoms with Gasteiger partial charge in [-0.15, -0.1) is 0 Å². The predicted octanol–water partition coefficient (Wildman–Crippen LogP) is 2.54. The van der Waals surface area contributed by atoms with Crippen LogP contribution in [0, 0.1) is 5.41 Å². The lowest BCUT2D eigenvalue weighted by atomic mass is 9.85. The molecule has 4 nitrogen and oxygen atoms in total. The van der Waals surface area contributed by atoms with Gasteiger partial charge in [-0.05, 0) is 30.5 Å². The van der Waals surface area contributed by atoms with Crippen LogP contribution < -0.4 is 15.8 Å². The van der Waals surface area contributed by atoms with Crippen molar-refractivity contribution in [3.63, 3.8) is 0 Å². The highest BCUT2D eigenvalue weighted by Crippen LogP contribution is 2.21. The van der Waals surface area contributed by atoms with Gasteiger partial charge in [0.15, 0.2) is 0 Å². The third-order valence-electron chi connectivity index (χ3n) is 2.75. The second-order valence-electron chi connectivity index (χ2n) is 5.34. The molecule has 0 saturated heterocycles. The molecule has 18 heavy (non-hydrogen) atoms. The van der Waals surface area contributed by atoms with E-state index < -0.39 is 6.09 Å². The second-order valence-corrected chi connectivity index (χ2v) is 5.34. The Bertz CT molecular complexity index is 371. The highest BCUT2D eigenvalue weighted by molar-refractivity contribution is 5.70. The van der Waals surface area contributed by atoms with Crippen molar-refractivity contribution in [1.29, 1.82) is 0 Å². The van der Waals surface area contributed by atoms with Gasteiger partial charge in [-0.2, -0.15) is 0 Å². The maximum Gasteiger partial charge on any atom is 0.412 e. The number of rotatable bonds is 4. The fourth-order valence-electron chi connectivity index (χ4n) is 1.66. The van der Waals surface area contributed by atoms with Gasteiger partial charge in [0.1, 0.15) is 5.75 Å². The molecule has 0 saturated carbocycles. The first kappa shape index (κ1) is 14.5. The molecule has 4 heteroatoms. The predicted molar refractivity (Wildman–Crippen MR) is 72.5 cm³/mol. The minimum Gasteiger partial charge on any atom is -0.410 e. The summed E-state index contributed by atoms with van der Waals surface area (Å²) in [4.78, 5) is 11.8. The van der Waals surface area contributed by atoms with E-state index in [-0.39, 0.29) is 11.5 Å². The first-order valence-corrected chi connectivity index (χ1v) is 6.17. The minimum absolute atomic E-state index is 0.00119. The third kappa shape index (κ3) is 4.75. The van der Waals surface area contributed by atoms with E-state index in [1.807, 2.05) is 18.2 Å². The molecule has 3 N–H and O–H groups in total. The summed E-state index contributed by atoms with van der Waals surface area (Å²) >= 11 is 0. The Hall–Kier alpha value is -1.55. The van der Waals surface area contributed by atoms with Gasteiger partial charge in [-0.1, -0.05) is 39.0 Å². The van der Waals surface area contributed by atoms with Crippen LogP contribution in [0.5, 0.6) is 5.75 Å². The molecule has 1 aromatic carbocycles. The number of nitrogens with two attached hydrogens (primary N) is 1. The molecular weight excluding hydrogens is 228 g/mol. The number of benzene rings is 1. The number of para-hydroxylation sites is 1. The van der Waals surface area contributed by atoms with Gasteiger partial charge in [-0.3, -0.25) is 0 Å². The van der Waals surface area contributed by atoms with Crippen molar-refractivity contribution < 1.29 is 9.53 Å². The van der Waals surface area contributed by atoms with E-state index in [9.17, 15) is 4.79 Å². The van der Waals surface area contributed by atoms with Crippen LogP contribution in [-0.4, -0.2) is 18.7 Å². The maximum absolute atomic E-state index is 11.8. The van der Waals surface area contributed by atoms with E-state index >= 15 is 0 Å². The number of hydrogen-bond acceptors (Lipinski definition) is 3. The molecule has 0 bridgehead atoms. The molecule has 1 atom stereocenters. The molecule has 100 valence electrons. The van der Waals surface area contributed by atoms with E-state index in [4.69, 9.17) is 10.5 Å². The van der Waals surface area contributed by atoms with Gasteiger partial charge in [0.2, 0.25) is 0 Å². The molecule has 0 aliphatic heterocycles. The van der Waals surface area contributed by atoms with Crippen molar-refractivity contribution in [3.8, 4) is 5.75 Å². The average Bonchev–Trinajstić information content (AvgIpc) is 2.28. The molecule has 1 unspecified atom stereocenters. The number of hydrogen-bond donors (Lipinski definition) is 2. The van der Waals surface area contributed by atoms with Crippen molar-refractivity contribution in [3.05, 3.63) is 30.3 Å². The molecule has 0 aromatic heterocycles. The van der Waals surface area contributed by atoms with Crippen molar-refractivity contribution in [2.45, 2.75) is 33.2 Å². The Morgan fingerprint density at radius 3 is 2.44 bits per heavy atom. The van der Waals surface area contributed by atoms with E-state index in [1.165, 1.54) is 0 Å². The zero-order valence-corrected chi connectivity index (χ0v) is 11.3. The number of ether oxygens (including phenoxy) is 1. The summed E-state index contributed by atoms with van der Waals surface area (Å²) < 4.78 is 5.20. The molecule has 0 aliphatic rings. The highest BCUT2D eigenvalue weighted by atomic mass is 16.6. The molecule has 0 aliphatic carbocycles. The van der Waals surface area contributed by atoms with E-state index in [0.717, 1.165) is 6.42 Å². The monoisotopic (exact) mass is 250 g/mol. The van der Waals surface area contributed by atoms with Crippen LogP contribution in [0.1, 0.15) is 27.2 Å². The van der Waals surface area contributed by atoms with Crippen molar-refractivity contribution >= 4 is 6.09 Å². The smallest absolute Gasteiger partial charge is 0.410 e. The van der Waals surface area contributed by atoms with Crippen LogP contribution in [-0.2, 0) is 0 Å². The zero-order valence-electron chi connectivity index (χ0n) is 11.3. The van der Waals surface area contributed by atoms with Crippen molar-refractivity contribution in [2.24, 2.45) is 11.1 Å². The summed E-state index contributed by atoms with van der Waals surface area (Å²) in [6, 6.07) is 9.01. The first-order chi connectivity index (χ1) is 8.43. The van der Waals surface area contributed by atoms with Gasteiger partial charge in [0, 0.05) is 6.04 Å². The second kappa shape index (κ2) is 6.40. The van der Waals surface area contributed by atoms with Crippen molar-refractivity contribution in [1.82, 2.24) is 5.32 Å². The van der Waals surface area contributed by atoms with E-state index in [0.29, 0.717) is 12.3 Å². The van der Waals surface area contributed by atoms with Crippen LogP contribution in [0.25, 0.3) is 0 Å². The van der Waals surface area contributed by atoms with Crippen LogP contribution in [0.3, 0.4) is 0 Å². The minimum atomic E-state index is -0.436. The molecule has 1 aromatic rings. The van der Waals surface area contributed by atoms with Crippen molar-refractivity contribution in [2.75, 3.05) is 6.54 Å². The van der Waals surface area contributed by atoms with Crippen LogP contribution in [0.4, 0.5) is 4.79 Å². The lowest BCUT2D eigenvalue weighted by Crippen LogP contribution is -2.46. The van der Waals surface area contributed by atoms with Crippen LogP contribution >= 0.6 is 0 Å². The van der Waals surface area contributed by atoms with Crippen LogP contribution in [0.2, 0.25) is 0 Å². The molecule has 0 fully saturated rings. The number of amides is 1. The Labute approximate surface area is 109 Å². The molecular formula is C14H22N2O2. The fourth-order valence-corrected chi connectivity index (χ4v) is 1.66. The van der Waals surface area contributed by atoms with Gasteiger partial charge < -0.3 is 15.8 Å². The summed E-state index contributed by atoms with van der Waals surface area (Å²) in [5, 5.41) is 2.87. The fraction of sp³-hybridized carbons (Fsp3) is 0.500. The SMILES string of the molecule is CC(C)(C)C(CCN)NC(=O)Oc1ccccc1. The lowest BCUT2D eigenvalue weighted by Gasteiger charge is -2.30. The average molecular weight is 250 g/mol. The number of carbonyl (C=O) groups excluding carboxylic acids is 1. The number of nitrogens with one attached hydrogen (secondary N) is 1. The Morgan fingerprint density at radius 2 is 1.94 bits per heavy atom. The molecule has 0 heterocycles. The van der Waals surface area contributed by atoms with Gasteiger partial charge >= 0.3 is 6.09 Å². The Balaban J connectivity index is 2.57. The quantitative estimate of drug-likeness (QED) is 0.863. The summed E-state index contributed by atoms with van der Waals surface area (Å²) in [6.45, 7) is 6.73. The summed E-state index contributed by atoms with van der Waals surface area (Å²) in [6.07, 6.45) is 0.294. The largest absolute Gasteiger partial charge is 0.412 e. The van der Waals surface area contributed by atoms with E-state index in [2.05, 4.69) is 26.1 Å². The van der Waals surface area contributed by atoms with Gasteiger partial charge in [0.25, 0.3) is 0 Å². The Kier molecular flexibility index (Phi) is 5.16. The molecule has 0 radical (unpaired) electrons. The topological polar surface area (TPSA) is 64.3 Å². The summed E-state index contributed by atoms with van der Waals surface area (Å²) in [5.41, 5.74) is 5.52. The molecule has 0 spiro atoms. The maximum atomic E-state index is 11.8. The standard InChI is InChI=1S/C14H22N2O2/c1-14(2,3)12(9-10-15)16-13(17)18-11-7-5-4-6-8-11/h4-8,12H,9-10,15H2,1-3H3,(H,16,17). The van der Waals surface area contributed by atoms with Crippen LogP contribution in [0.15, 0.2) is 30.3 Å². The molecule has 1 amide bonds. The first-order valence-electron chi connectivity index (χ1n) is 6.17. The van der Waals surface area contributed by atoms with Gasteiger partial charge in [0.05, 0.1) is 0 Å². The highest BCUT2D eigenvalue weighted by Gasteiger charge is 2.26. The summed E-state index contributed by atoms with van der Waals surface area (Å²) in [7, 11) is 0. The summed E-state index contributed by atoms with van der Waals surface area (Å²) in [5.74, 6) is 0.537. The third-order valence-corrected chi connectivity index (χ3v) is 2.75. The zero-order chi connectivity index (χ0) is 13.6. The van der Waals surface area contributed by atoms with E-state index in [1.54, 1.807) is 12.1 Å². The normalized spacial score (nSPS) is 12.9. The Morgan fingerprint density at radius 1 is 1.33 bits per heavy atom. The lowest BCUT2D eigenvalue weighted by molar-refractivity contribution is 0.178. The number of carbonyl (C=O) groups is 1. The molecule has 1 rings (SSSR count).